The Labute approximate surface area is 247 Å². The van der Waals surface area contributed by atoms with Crippen LogP contribution in [0.3, 0.4) is 0 Å². The molecule has 0 radical (unpaired) electrons. The molecule has 0 aromatic heterocycles. The van der Waals surface area contributed by atoms with Crippen molar-refractivity contribution < 1.29 is 14.0 Å². The van der Waals surface area contributed by atoms with Crippen molar-refractivity contribution in [3.8, 4) is 0 Å². The molecule has 0 spiro atoms. The van der Waals surface area contributed by atoms with Gasteiger partial charge in [-0.3, -0.25) is 0 Å². The molecule has 0 heterocycles. The van der Waals surface area contributed by atoms with Gasteiger partial charge in [0, 0.05) is 0 Å². The van der Waals surface area contributed by atoms with E-state index >= 15 is 0 Å². The summed E-state index contributed by atoms with van der Waals surface area (Å²) in [6.07, 6.45) is 38.5. The van der Waals surface area contributed by atoms with Gasteiger partial charge in [-0.25, -0.2) is 4.79 Å². The average molecular weight is 553 g/mol. The second kappa shape index (κ2) is 30.4. The molecule has 3 heteroatoms. The molecule has 3 nitrogen and oxygen atoms in total. The Bertz CT molecular complexity index is 490. The first-order valence-electron chi connectivity index (χ1n) is 18.0. The highest BCUT2D eigenvalue weighted by Crippen LogP contribution is 2.15. The minimum atomic E-state index is -0.0154. The van der Waals surface area contributed by atoms with Gasteiger partial charge in [0.15, 0.2) is 6.54 Å². The van der Waals surface area contributed by atoms with Gasteiger partial charge in [-0.1, -0.05) is 174 Å². The Balaban J connectivity index is 3.39. The fourth-order valence-corrected chi connectivity index (χ4v) is 5.69. The molecule has 0 fully saturated rings. The minimum Gasteiger partial charge on any atom is -0.462 e. The first-order valence-corrected chi connectivity index (χ1v) is 18.0. The van der Waals surface area contributed by atoms with E-state index in [4.69, 9.17) is 4.74 Å². The zero-order valence-electron chi connectivity index (χ0n) is 27.7. The molecule has 0 aliphatic carbocycles. The summed E-state index contributed by atoms with van der Waals surface area (Å²) in [5, 5.41) is 0. The molecule has 0 saturated carbocycles. The molecular weight excluding hydrogens is 478 g/mol. The summed E-state index contributed by atoms with van der Waals surface area (Å²) in [5.41, 5.74) is 0. The van der Waals surface area contributed by atoms with Crippen LogP contribution in [0, 0.1) is 0 Å². The van der Waals surface area contributed by atoms with Gasteiger partial charge in [-0.15, -0.1) is 0 Å². The van der Waals surface area contributed by atoms with Crippen LogP contribution in [0.5, 0.6) is 0 Å². The normalized spacial score (nSPS) is 11.8. The summed E-state index contributed by atoms with van der Waals surface area (Å²) in [4.78, 5) is 12.3. The second-order valence-electron chi connectivity index (χ2n) is 13.2. The van der Waals surface area contributed by atoms with Crippen LogP contribution in [0.2, 0.25) is 0 Å². The number of likely N-dealkylation sites (N-methyl/N-ethyl adjacent to an activating group) is 1. The highest BCUT2D eigenvalue weighted by molar-refractivity contribution is 5.70. The van der Waals surface area contributed by atoms with Crippen molar-refractivity contribution in [3.05, 3.63) is 0 Å². The molecule has 0 aromatic carbocycles. The first kappa shape index (κ1) is 38.4. The van der Waals surface area contributed by atoms with E-state index < -0.39 is 0 Å². The summed E-state index contributed by atoms with van der Waals surface area (Å²) in [7, 11) is 4.35. The van der Waals surface area contributed by atoms with E-state index in [2.05, 4.69) is 27.9 Å². The SMILES string of the molecule is CCCCCCCCCCCCCCCCCCCC[N+](C)(C)CC(=O)OCCCCCCCCCCCC. The van der Waals surface area contributed by atoms with Crippen LogP contribution in [0.25, 0.3) is 0 Å². The standard InChI is InChI=1S/C36H74NO2/c1-5-7-9-11-13-15-17-18-19-20-21-22-23-24-25-27-29-31-33-37(3,4)35-36(38)39-34-32-30-28-26-16-14-12-10-8-6-2/h5-35H2,1-4H3/q+1. The van der Waals surface area contributed by atoms with Gasteiger partial charge < -0.3 is 9.22 Å². The molecule has 0 amide bonds. The van der Waals surface area contributed by atoms with E-state index in [1.165, 1.54) is 173 Å². The van der Waals surface area contributed by atoms with E-state index in [1.807, 2.05) is 0 Å². The number of carbonyl (C=O) groups excluding carboxylic acids is 1. The van der Waals surface area contributed by atoms with Gasteiger partial charge in [0.2, 0.25) is 0 Å². The lowest BCUT2D eigenvalue weighted by atomic mass is 10.0. The van der Waals surface area contributed by atoms with Crippen molar-refractivity contribution in [3.63, 3.8) is 0 Å². The van der Waals surface area contributed by atoms with Crippen molar-refractivity contribution in [2.45, 2.75) is 194 Å². The van der Waals surface area contributed by atoms with Crippen molar-refractivity contribution in [2.75, 3.05) is 33.8 Å². The summed E-state index contributed by atoms with van der Waals surface area (Å²) >= 11 is 0. The maximum absolute atomic E-state index is 12.3. The monoisotopic (exact) mass is 553 g/mol. The minimum absolute atomic E-state index is 0.0154. The maximum Gasteiger partial charge on any atom is 0.361 e. The Kier molecular flexibility index (Phi) is 29.9. The zero-order chi connectivity index (χ0) is 28.7. The third kappa shape index (κ3) is 31.8. The van der Waals surface area contributed by atoms with Crippen molar-refractivity contribution in [1.29, 1.82) is 0 Å². The quantitative estimate of drug-likeness (QED) is 0.0471. The van der Waals surface area contributed by atoms with Gasteiger partial charge in [-0.05, 0) is 19.3 Å². The molecule has 0 unspecified atom stereocenters. The first-order chi connectivity index (χ1) is 19.0. The summed E-state index contributed by atoms with van der Waals surface area (Å²) in [6.45, 7) is 6.76. The number of esters is 1. The van der Waals surface area contributed by atoms with Crippen LogP contribution >= 0.6 is 0 Å². The zero-order valence-corrected chi connectivity index (χ0v) is 27.7. The number of carbonyl (C=O) groups is 1. The maximum atomic E-state index is 12.3. The fraction of sp³-hybridized carbons (Fsp3) is 0.972. The summed E-state index contributed by atoms with van der Waals surface area (Å²) in [6, 6.07) is 0. The molecule has 0 rings (SSSR count). The smallest absolute Gasteiger partial charge is 0.361 e. The molecule has 0 atom stereocenters. The highest BCUT2D eigenvalue weighted by atomic mass is 16.5. The van der Waals surface area contributed by atoms with E-state index in [9.17, 15) is 4.79 Å². The molecule has 0 aromatic rings. The molecule has 234 valence electrons. The number of quaternary nitrogens is 1. The van der Waals surface area contributed by atoms with Crippen LogP contribution in [-0.2, 0) is 9.53 Å². The number of unbranched alkanes of at least 4 members (excludes halogenated alkanes) is 26. The van der Waals surface area contributed by atoms with E-state index in [0.29, 0.717) is 13.2 Å². The van der Waals surface area contributed by atoms with Gasteiger partial charge in [-0.2, -0.15) is 0 Å². The Hall–Kier alpha value is -0.570. The molecule has 0 N–H and O–H groups in total. The van der Waals surface area contributed by atoms with Crippen molar-refractivity contribution in [2.24, 2.45) is 0 Å². The van der Waals surface area contributed by atoms with Gasteiger partial charge >= 0.3 is 5.97 Å². The largest absolute Gasteiger partial charge is 0.462 e. The molecule has 0 aliphatic rings. The molecule has 39 heavy (non-hydrogen) atoms. The highest BCUT2D eigenvalue weighted by Gasteiger charge is 2.20. The number of nitrogens with zero attached hydrogens (tertiary/aromatic N) is 1. The Morgan fingerprint density at radius 3 is 1.05 bits per heavy atom. The predicted octanol–water partition coefficient (Wildman–Crippen LogP) is 11.6. The van der Waals surface area contributed by atoms with E-state index in [0.717, 1.165) is 17.4 Å². The molecule has 0 saturated heterocycles. The number of hydrogen-bond donors (Lipinski definition) is 0. The number of ether oxygens (including phenoxy) is 1. The lowest BCUT2D eigenvalue weighted by Crippen LogP contribution is -2.45. The summed E-state index contributed by atoms with van der Waals surface area (Å²) in [5.74, 6) is -0.0154. The average Bonchev–Trinajstić information content (AvgIpc) is 2.90. The number of rotatable bonds is 32. The van der Waals surface area contributed by atoms with Crippen molar-refractivity contribution >= 4 is 5.97 Å². The third-order valence-electron chi connectivity index (χ3n) is 8.44. The molecule has 0 aliphatic heterocycles. The van der Waals surface area contributed by atoms with E-state index in [-0.39, 0.29) is 5.97 Å². The van der Waals surface area contributed by atoms with Gasteiger partial charge in [0.1, 0.15) is 0 Å². The third-order valence-corrected chi connectivity index (χ3v) is 8.44. The Morgan fingerprint density at radius 1 is 0.436 bits per heavy atom. The Morgan fingerprint density at radius 2 is 0.718 bits per heavy atom. The van der Waals surface area contributed by atoms with Crippen LogP contribution in [0.1, 0.15) is 194 Å². The van der Waals surface area contributed by atoms with Crippen LogP contribution in [0.4, 0.5) is 0 Å². The summed E-state index contributed by atoms with van der Waals surface area (Å²) < 4.78 is 6.30. The topological polar surface area (TPSA) is 26.3 Å². The lowest BCUT2D eigenvalue weighted by Gasteiger charge is -2.28. The van der Waals surface area contributed by atoms with Crippen LogP contribution in [-0.4, -0.2) is 44.2 Å². The van der Waals surface area contributed by atoms with Gasteiger partial charge in [0.25, 0.3) is 0 Å². The lowest BCUT2D eigenvalue weighted by molar-refractivity contribution is -0.883. The molecular formula is C36H74NO2+. The van der Waals surface area contributed by atoms with Crippen LogP contribution in [0.15, 0.2) is 0 Å². The fourth-order valence-electron chi connectivity index (χ4n) is 5.69. The van der Waals surface area contributed by atoms with Gasteiger partial charge in [0.05, 0.1) is 27.2 Å². The van der Waals surface area contributed by atoms with Crippen molar-refractivity contribution in [1.82, 2.24) is 0 Å². The van der Waals surface area contributed by atoms with E-state index in [1.54, 1.807) is 0 Å². The predicted molar refractivity (Wildman–Crippen MR) is 173 cm³/mol. The molecule has 0 bridgehead atoms. The second-order valence-corrected chi connectivity index (χ2v) is 13.2. The van der Waals surface area contributed by atoms with Crippen LogP contribution < -0.4 is 0 Å². The number of hydrogen-bond acceptors (Lipinski definition) is 2.